The molecule has 0 saturated carbocycles. The first kappa shape index (κ1) is 16.4. The van der Waals surface area contributed by atoms with Crippen molar-refractivity contribution in [3.05, 3.63) is 70.8 Å². The third-order valence-electron chi connectivity index (χ3n) is 4.22. The highest BCUT2D eigenvalue weighted by Gasteiger charge is 2.15. The Kier molecular flexibility index (Phi) is 4.18. The molecular weight excluding hydrogens is 332 g/mol. The molecule has 0 radical (unpaired) electrons. The van der Waals surface area contributed by atoms with Gasteiger partial charge in [-0.15, -0.1) is 0 Å². The lowest BCUT2D eigenvalue weighted by atomic mass is 10.2. The Labute approximate surface area is 149 Å². The second-order valence-corrected chi connectivity index (χ2v) is 6.26. The van der Waals surface area contributed by atoms with Gasteiger partial charge in [-0.05, 0) is 31.2 Å². The van der Waals surface area contributed by atoms with Gasteiger partial charge in [0.05, 0.1) is 12.9 Å². The molecule has 4 aromatic rings. The Bertz CT molecular complexity index is 1110. The van der Waals surface area contributed by atoms with Crippen LogP contribution < -0.4 is 10.3 Å². The van der Waals surface area contributed by atoms with Crippen LogP contribution in [0.5, 0.6) is 5.75 Å². The topological polar surface area (TPSA) is 77.5 Å². The molecule has 0 spiro atoms. The van der Waals surface area contributed by atoms with Gasteiger partial charge in [-0.2, -0.15) is 0 Å². The molecule has 0 aliphatic carbocycles. The Morgan fingerprint density at radius 3 is 2.77 bits per heavy atom. The van der Waals surface area contributed by atoms with Crippen LogP contribution in [0.2, 0.25) is 0 Å². The first-order valence-corrected chi connectivity index (χ1v) is 8.36. The number of aliphatic hydroxyl groups is 1. The van der Waals surface area contributed by atoms with Crippen molar-refractivity contribution in [3.63, 3.8) is 0 Å². The highest BCUT2D eigenvalue weighted by Crippen LogP contribution is 2.24. The number of fused-ring (bicyclic) bond motifs is 3. The molecule has 6 heteroatoms. The molecule has 2 aromatic heterocycles. The van der Waals surface area contributed by atoms with E-state index in [1.807, 2.05) is 49.4 Å². The molecule has 0 saturated heterocycles. The third kappa shape index (κ3) is 3.07. The van der Waals surface area contributed by atoms with Gasteiger partial charge in [0, 0.05) is 5.39 Å². The number of nitrogens with zero attached hydrogens (tertiary/aromatic N) is 2. The zero-order valence-corrected chi connectivity index (χ0v) is 14.3. The van der Waals surface area contributed by atoms with E-state index in [1.165, 1.54) is 10.9 Å². The van der Waals surface area contributed by atoms with Gasteiger partial charge in [0.15, 0.2) is 0 Å². The number of ether oxygens (including phenoxy) is 1. The van der Waals surface area contributed by atoms with Crippen LogP contribution in [0.3, 0.4) is 0 Å². The zero-order chi connectivity index (χ0) is 18.1. The van der Waals surface area contributed by atoms with Gasteiger partial charge >= 0.3 is 0 Å². The van der Waals surface area contributed by atoms with Gasteiger partial charge in [0.25, 0.3) is 5.56 Å². The van der Waals surface area contributed by atoms with Gasteiger partial charge < -0.3 is 14.3 Å². The van der Waals surface area contributed by atoms with Crippen LogP contribution in [0.1, 0.15) is 5.56 Å². The molecule has 0 unspecified atom stereocenters. The van der Waals surface area contributed by atoms with E-state index in [4.69, 9.17) is 9.15 Å². The molecule has 4 rings (SSSR count). The summed E-state index contributed by atoms with van der Waals surface area (Å²) < 4.78 is 12.5. The average Bonchev–Trinajstić information content (AvgIpc) is 3.03. The van der Waals surface area contributed by atoms with E-state index < -0.39 is 6.10 Å². The summed E-state index contributed by atoms with van der Waals surface area (Å²) in [6, 6.07) is 14.9. The predicted molar refractivity (Wildman–Crippen MR) is 98.5 cm³/mol. The smallest absolute Gasteiger partial charge is 0.297 e. The van der Waals surface area contributed by atoms with Crippen molar-refractivity contribution in [1.29, 1.82) is 0 Å². The SMILES string of the molecule is Cc1ccc(OC[C@H](O)Cn2cnc3c(oc4ccccc43)c2=O)cc1. The Balaban J connectivity index is 1.53. The van der Waals surface area contributed by atoms with E-state index in [0.29, 0.717) is 16.8 Å². The van der Waals surface area contributed by atoms with Crippen molar-refractivity contribution in [1.82, 2.24) is 9.55 Å². The van der Waals surface area contributed by atoms with Crippen LogP contribution in [0.4, 0.5) is 0 Å². The lowest BCUT2D eigenvalue weighted by Crippen LogP contribution is -2.30. The Hall–Kier alpha value is -3.12. The summed E-state index contributed by atoms with van der Waals surface area (Å²) >= 11 is 0. The molecule has 0 fully saturated rings. The Morgan fingerprint density at radius 2 is 1.96 bits per heavy atom. The maximum atomic E-state index is 12.6. The molecule has 6 nitrogen and oxygen atoms in total. The summed E-state index contributed by atoms with van der Waals surface area (Å²) in [7, 11) is 0. The highest BCUT2D eigenvalue weighted by atomic mass is 16.5. The molecule has 2 heterocycles. The van der Waals surface area contributed by atoms with Crippen molar-refractivity contribution in [2.45, 2.75) is 19.6 Å². The standard InChI is InChI=1S/C20H18N2O4/c1-13-6-8-15(9-7-13)25-11-14(23)10-22-12-21-18-16-4-2-3-5-17(16)26-19(18)20(22)24/h2-9,12,14,23H,10-11H2,1H3/t14-/m1/s1. The lowest BCUT2D eigenvalue weighted by Gasteiger charge is -2.13. The van der Waals surface area contributed by atoms with E-state index in [1.54, 1.807) is 6.07 Å². The minimum Gasteiger partial charge on any atom is -0.491 e. The fraction of sp³-hybridized carbons (Fsp3) is 0.200. The van der Waals surface area contributed by atoms with Gasteiger partial charge in [0.1, 0.15) is 29.6 Å². The van der Waals surface area contributed by atoms with Gasteiger partial charge in [-0.25, -0.2) is 4.98 Å². The number of hydrogen-bond donors (Lipinski definition) is 1. The minimum absolute atomic E-state index is 0.0741. The van der Waals surface area contributed by atoms with E-state index in [9.17, 15) is 9.90 Å². The third-order valence-corrected chi connectivity index (χ3v) is 4.22. The molecule has 132 valence electrons. The molecule has 26 heavy (non-hydrogen) atoms. The van der Waals surface area contributed by atoms with E-state index >= 15 is 0 Å². The second kappa shape index (κ2) is 6.65. The average molecular weight is 350 g/mol. The summed E-state index contributed by atoms with van der Waals surface area (Å²) in [6.45, 7) is 2.14. The first-order valence-electron chi connectivity index (χ1n) is 8.36. The number of rotatable bonds is 5. The Morgan fingerprint density at radius 1 is 1.19 bits per heavy atom. The molecule has 1 atom stereocenters. The molecule has 0 amide bonds. The van der Waals surface area contributed by atoms with Crippen LogP contribution in [0, 0.1) is 6.92 Å². The van der Waals surface area contributed by atoms with Gasteiger partial charge in [-0.1, -0.05) is 29.8 Å². The number of aromatic nitrogens is 2. The number of aliphatic hydroxyl groups excluding tert-OH is 1. The van der Waals surface area contributed by atoms with Crippen molar-refractivity contribution < 1.29 is 14.3 Å². The fourth-order valence-corrected chi connectivity index (χ4v) is 2.85. The summed E-state index contributed by atoms with van der Waals surface area (Å²) in [5.41, 5.74) is 2.16. The van der Waals surface area contributed by atoms with E-state index in [2.05, 4.69) is 4.98 Å². The normalized spacial score (nSPS) is 12.5. The van der Waals surface area contributed by atoms with Crippen LogP contribution in [-0.4, -0.2) is 27.4 Å². The molecule has 1 N–H and O–H groups in total. The number of para-hydroxylation sites is 1. The van der Waals surface area contributed by atoms with Gasteiger partial charge in [-0.3, -0.25) is 9.36 Å². The largest absolute Gasteiger partial charge is 0.491 e. The monoisotopic (exact) mass is 350 g/mol. The summed E-state index contributed by atoms with van der Waals surface area (Å²) in [6.07, 6.45) is 0.583. The first-order chi connectivity index (χ1) is 12.6. The van der Waals surface area contributed by atoms with Crippen molar-refractivity contribution in [2.24, 2.45) is 0 Å². The predicted octanol–water partition coefficient (Wildman–Crippen LogP) is 2.89. The van der Waals surface area contributed by atoms with Crippen molar-refractivity contribution in [3.8, 4) is 5.75 Å². The van der Waals surface area contributed by atoms with Gasteiger partial charge in [0.2, 0.25) is 5.58 Å². The minimum atomic E-state index is -0.849. The van der Waals surface area contributed by atoms with Crippen LogP contribution in [-0.2, 0) is 6.54 Å². The summed E-state index contributed by atoms with van der Waals surface area (Å²) in [5, 5.41) is 11.0. The van der Waals surface area contributed by atoms with E-state index in [0.717, 1.165) is 10.9 Å². The lowest BCUT2D eigenvalue weighted by molar-refractivity contribution is 0.0914. The van der Waals surface area contributed by atoms with Crippen molar-refractivity contribution in [2.75, 3.05) is 6.61 Å². The summed E-state index contributed by atoms with van der Waals surface area (Å²) in [5.74, 6) is 0.674. The van der Waals surface area contributed by atoms with E-state index in [-0.39, 0.29) is 24.3 Å². The molecule has 2 aromatic carbocycles. The quantitative estimate of drug-likeness (QED) is 0.599. The zero-order valence-electron chi connectivity index (χ0n) is 14.3. The molecule has 0 aliphatic heterocycles. The second-order valence-electron chi connectivity index (χ2n) is 6.26. The highest BCUT2D eigenvalue weighted by molar-refractivity contribution is 6.01. The summed E-state index contributed by atoms with van der Waals surface area (Å²) in [4.78, 5) is 17.0. The molecule has 0 bridgehead atoms. The van der Waals surface area contributed by atoms with Crippen molar-refractivity contribution >= 4 is 22.1 Å². The number of aryl methyl sites for hydroxylation is 1. The fourth-order valence-electron chi connectivity index (χ4n) is 2.85. The molecule has 0 aliphatic rings. The number of furan rings is 1. The van der Waals surface area contributed by atoms with Crippen LogP contribution >= 0.6 is 0 Å². The maximum absolute atomic E-state index is 12.6. The molecular formula is C20H18N2O4. The van der Waals surface area contributed by atoms with Crippen LogP contribution in [0.25, 0.3) is 22.1 Å². The van der Waals surface area contributed by atoms with Crippen LogP contribution in [0.15, 0.2) is 64.1 Å². The number of benzene rings is 2. The number of hydrogen-bond acceptors (Lipinski definition) is 5. The maximum Gasteiger partial charge on any atom is 0.297 e.